The molecule has 1 N–H and O–H groups in total. The maximum Gasteiger partial charge on any atom is 0.242 e. The van der Waals surface area contributed by atoms with Crippen molar-refractivity contribution >= 4 is 28.9 Å². The van der Waals surface area contributed by atoms with Crippen molar-refractivity contribution < 1.29 is 4.79 Å². The van der Waals surface area contributed by atoms with Gasteiger partial charge in [-0.15, -0.1) is 11.3 Å². The zero-order chi connectivity index (χ0) is 17.2. The molecule has 4 rings (SSSR count). The quantitative estimate of drug-likeness (QED) is 0.665. The fourth-order valence-corrected chi connectivity index (χ4v) is 4.47. The van der Waals surface area contributed by atoms with Gasteiger partial charge in [0.25, 0.3) is 0 Å². The number of amides is 1. The molecule has 0 bridgehead atoms. The van der Waals surface area contributed by atoms with Crippen molar-refractivity contribution in [3.8, 4) is 0 Å². The van der Waals surface area contributed by atoms with E-state index in [2.05, 4.69) is 44.9 Å². The Balaban J connectivity index is 1.38. The zero-order valence-electron chi connectivity index (χ0n) is 14.4. The highest BCUT2D eigenvalue weighted by Crippen LogP contribution is 2.27. The van der Waals surface area contributed by atoms with Gasteiger partial charge in [-0.2, -0.15) is 0 Å². The third kappa shape index (κ3) is 3.14. The van der Waals surface area contributed by atoms with Gasteiger partial charge < -0.3 is 15.1 Å². The first-order valence-corrected chi connectivity index (χ1v) is 9.53. The summed E-state index contributed by atoms with van der Waals surface area (Å²) in [7, 11) is 1.77. The Hall–Kier alpha value is -2.34. The molecule has 0 saturated carbocycles. The molecule has 0 atom stereocenters. The topological polar surface area (TPSA) is 47.9 Å². The van der Waals surface area contributed by atoms with Crippen LogP contribution in [0.5, 0.6) is 0 Å². The van der Waals surface area contributed by atoms with E-state index >= 15 is 0 Å². The smallest absolute Gasteiger partial charge is 0.242 e. The minimum atomic E-state index is 0.130. The second-order valence-electron chi connectivity index (χ2n) is 6.37. The Morgan fingerprint density at radius 2 is 2.08 bits per heavy atom. The summed E-state index contributed by atoms with van der Waals surface area (Å²) in [4.78, 5) is 22.5. The van der Waals surface area contributed by atoms with Crippen LogP contribution < -0.4 is 10.2 Å². The number of carbonyl (C=O) groups is 1. The highest BCUT2D eigenvalue weighted by atomic mass is 32.1. The van der Waals surface area contributed by atoms with E-state index in [-0.39, 0.29) is 12.5 Å². The lowest BCUT2D eigenvalue weighted by Crippen LogP contribution is -2.47. The number of nitrogens with one attached hydrogen (secondary N) is 1. The summed E-state index contributed by atoms with van der Waals surface area (Å²) in [5.41, 5.74) is 3.81. The van der Waals surface area contributed by atoms with E-state index in [0.717, 1.165) is 38.4 Å². The van der Waals surface area contributed by atoms with Crippen LogP contribution in [0.15, 0.2) is 40.7 Å². The number of hydrogen-bond donors (Lipinski definition) is 1. The maximum atomic E-state index is 12.6. The van der Waals surface area contributed by atoms with Crippen molar-refractivity contribution in [3.63, 3.8) is 0 Å². The van der Waals surface area contributed by atoms with Gasteiger partial charge in [0.15, 0.2) is 5.96 Å². The van der Waals surface area contributed by atoms with E-state index in [1.807, 2.05) is 11.0 Å². The number of aliphatic imine (C=N–C) groups is 1. The summed E-state index contributed by atoms with van der Waals surface area (Å²) in [6.45, 7) is 2.71. The molecule has 0 radical (unpaired) electrons. The highest BCUT2D eigenvalue weighted by molar-refractivity contribution is 7.10. The summed E-state index contributed by atoms with van der Waals surface area (Å²) in [6.07, 6.45) is 1.98. The number of nitrogens with zero attached hydrogens (tertiary/aromatic N) is 3. The first-order valence-electron chi connectivity index (χ1n) is 8.65. The van der Waals surface area contributed by atoms with Crippen LogP contribution in [0.25, 0.3) is 0 Å². The molecule has 130 valence electrons. The van der Waals surface area contributed by atoms with E-state index in [0.29, 0.717) is 0 Å². The minimum absolute atomic E-state index is 0.130. The van der Waals surface area contributed by atoms with Crippen molar-refractivity contribution in [2.75, 3.05) is 31.6 Å². The predicted molar refractivity (Wildman–Crippen MR) is 102 cm³/mol. The molecule has 6 heteroatoms. The Kier molecular flexibility index (Phi) is 4.44. The van der Waals surface area contributed by atoms with E-state index < -0.39 is 0 Å². The van der Waals surface area contributed by atoms with E-state index in [1.54, 1.807) is 18.4 Å². The summed E-state index contributed by atoms with van der Waals surface area (Å²) in [6, 6.07) is 10.5. The second kappa shape index (κ2) is 6.88. The van der Waals surface area contributed by atoms with Crippen LogP contribution in [0, 0.1) is 0 Å². The molecule has 0 unspecified atom stereocenters. The standard InChI is InChI=1S/C19H22N4OS/c1-20-19(23-10-6-14-4-2-3-5-16(14)23)21-12-18(24)22-9-7-17-15(13-22)8-11-25-17/h2-5,8,11H,6-7,9-10,12-13H2,1H3,(H,20,21). The average Bonchev–Trinajstić information content (AvgIpc) is 3.28. The Morgan fingerprint density at radius 1 is 1.20 bits per heavy atom. The second-order valence-corrected chi connectivity index (χ2v) is 7.37. The molecule has 3 heterocycles. The number of carbonyl (C=O) groups excluding carboxylic acids is 1. The number of benzene rings is 1. The van der Waals surface area contributed by atoms with Crippen LogP contribution in [0.2, 0.25) is 0 Å². The fraction of sp³-hybridized carbons (Fsp3) is 0.368. The normalized spacial score (nSPS) is 16.6. The van der Waals surface area contributed by atoms with Gasteiger partial charge in [0.05, 0.1) is 6.54 Å². The van der Waals surface area contributed by atoms with Crippen molar-refractivity contribution in [1.29, 1.82) is 0 Å². The van der Waals surface area contributed by atoms with Crippen molar-refractivity contribution in [2.45, 2.75) is 19.4 Å². The molecule has 0 spiro atoms. The molecule has 1 aromatic carbocycles. The molecule has 2 aliphatic rings. The fourth-order valence-electron chi connectivity index (χ4n) is 3.58. The molecular weight excluding hydrogens is 332 g/mol. The van der Waals surface area contributed by atoms with Crippen molar-refractivity contribution in [2.24, 2.45) is 4.99 Å². The number of rotatable bonds is 2. The predicted octanol–water partition coefficient (Wildman–Crippen LogP) is 2.27. The van der Waals surface area contributed by atoms with Crippen LogP contribution in [-0.2, 0) is 24.2 Å². The van der Waals surface area contributed by atoms with Crippen LogP contribution in [0.4, 0.5) is 5.69 Å². The lowest BCUT2D eigenvalue weighted by atomic mass is 10.1. The van der Waals surface area contributed by atoms with Gasteiger partial charge in [0.2, 0.25) is 5.91 Å². The lowest BCUT2D eigenvalue weighted by Gasteiger charge is -2.28. The SMILES string of the molecule is CN=C(NCC(=O)N1CCc2sccc2C1)N1CCc2ccccc21. The van der Waals surface area contributed by atoms with Gasteiger partial charge in [-0.05, 0) is 41.5 Å². The molecular formula is C19H22N4OS. The largest absolute Gasteiger partial charge is 0.347 e. The molecule has 0 aliphatic carbocycles. The van der Waals surface area contributed by atoms with E-state index in [1.165, 1.54) is 21.7 Å². The summed E-state index contributed by atoms with van der Waals surface area (Å²) in [5.74, 6) is 0.900. The molecule has 0 fully saturated rings. The van der Waals surface area contributed by atoms with E-state index in [9.17, 15) is 4.79 Å². The number of hydrogen-bond acceptors (Lipinski definition) is 3. The van der Waals surface area contributed by atoms with Gasteiger partial charge in [-0.25, -0.2) is 0 Å². The Morgan fingerprint density at radius 3 is 2.96 bits per heavy atom. The van der Waals surface area contributed by atoms with Crippen molar-refractivity contribution in [3.05, 3.63) is 51.7 Å². The van der Waals surface area contributed by atoms with Gasteiger partial charge >= 0.3 is 0 Å². The molecule has 1 amide bonds. The molecule has 2 aromatic rings. The Labute approximate surface area is 152 Å². The molecule has 0 saturated heterocycles. The first kappa shape index (κ1) is 16.1. The van der Waals surface area contributed by atoms with Crippen LogP contribution in [0.1, 0.15) is 16.0 Å². The molecule has 5 nitrogen and oxygen atoms in total. The first-order chi connectivity index (χ1) is 12.3. The Bertz CT molecular complexity index is 813. The lowest BCUT2D eigenvalue weighted by molar-refractivity contribution is -0.130. The van der Waals surface area contributed by atoms with Crippen LogP contribution in [0.3, 0.4) is 0 Å². The third-order valence-electron chi connectivity index (χ3n) is 4.91. The van der Waals surface area contributed by atoms with Crippen molar-refractivity contribution in [1.82, 2.24) is 10.2 Å². The number of anilines is 1. The van der Waals surface area contributed by atoms with Gasteiger partial charge in [0.1, 0.15) is 0 Å². The summed E-state index contributed by atoms with van der Waals surface area (Å²) in [5, 5.41) is 5.37. The van der Waals surface area contributed by atoms with Gasteiger partial charge in [0, 0.05) is 37.2 Å². The number of para-hydroxylation sites is 1. The van der Waals surface area contributed by atoms with Crippen LogP contribution >= 0.6 is 11.3 Å². The monoisotopic (exact) mass is 354 g/mol. The number of fused-ring (bicyclic) bond motifs is 2. The maximum absolute atomic E-state index is 12.6. The molecule has 1 aromatic heterocycles. The van der Waals surface area contributed by atoms with Gasteiger partial charge in [-0.3, -0.25) is 9.79 Å². The molecule has 2 aliphatic heterocycles. The minimum Gasteiger partial charge on any atom is -0.347 e. The van der Waals surface area contributed by atoms with Gasteiger partial charge in [-0.1, -0.05) is 18.2 Å². The number of guanidine groups is 1. The third-order valence-corrected chi connectivity index (χ3v) is 5.94. The number of thiophene rings is 1. The summed E-state index contributed by atoms with van der Waals surface area (Å²) >= 11 is 1.79. The summed E-state index contributed by atoms with van der Waals surface area (Å²) < 4.78 is 0. The van der Waals surface area contributed by atoms with Crippen LogP contribution in [-0.4, -0.2) is 43.4 Å². The zero-order valence-corrected chi connectivity index (χ0v) is 15.2. The molecule has 25 heavy (non-hydrogen) atoms. The average molecular weight is 354 g/mol. The van der Waals surface area contributed by atoms with E-state index in [4.69, 9.17) is 0 Å². The highest BCUT2D eigenvalue weighted by Gasteiger charge is 2.25.